The van der Waals surface area contributed by atoms with Gasteiger partial charge in [-0.2, -0.15) is 0 Å². The molecule has 0 aliphatic carbocycles. The molecule has 0 bridgehead atoms. The number of nitrogens with one attached hydrogen (secondary N) is 1. The van der Waals surface area contributed by atoms with Gasteiger partial charge in [-0.25, -0.2) is 4.98 Å². The molecule has 21 heavy (non-hydrogen) atoms. The molecule has 0 saturated carbocycles. The Bertz CT molecular complexity index is 642. The Kier molecular flexibility index (Phi) is 3.97. The number of hydrogen-bond acceptors (Lipinski definition) is 4. The molecular formula is C13H9F3N2O3. The maximum Gasteiger partial charge on any atom is 0.573 e. The number of aromatic nitrogens is 1. The van der Waals surface area contributed by atoms with Crippen LogP contribution in [0, 0.1) is 0 Å². The molecule has 0 radical (unpaired) electrons. The number of hydrogen-bond donors (Lipinski definition) is 2. The largest absolute Gasteiger partial charge is 0.573 e. The summed E-state index contributed by atoms with van der Waals surface area (Å²) in [6.07, 6.45) is -3.45. The van der Waals surface area contributed by atoms with Crippen LogP contribution in [-0.4, -0.2) is 22.4 Å². The third-order valence-corrected chi connectivity index (χ3v) is 2.35. The summed E-state index contributed by atoms with van der Waals surface area (Å²) in [6.45, 7) is 0. The van der Waals surface area contributed by atoms with E-state index < -0.39 is 18.0 Å². The van der Waals surface area contributed by atoms with Crippen molar-refractivity contribution in [2.45, 2.75) is 6.36 Å². The quantitative estimate of drug-likeness (QED) is 0.914. The van der Waals surface area contributed by atoms with Crippen LogP contribution in [0.5, 0.6) is 11.5 Å². The third-order valence-electron chi connectivity index (χ3n) is 2.35. The lowest BCUT2D eigenvalue weighted by Gasteiger charge is -2.10. The van der Waals surface area contributed by atoms with Gasteiger partial charge in [0, 0.05) is 11.9 Å². The zero-order chi connectivity index (χ0) is 15.5. The maximum absolute atomic E-state index is 12.0. The first-order chi connectivity index (χ1) is 9.85. The molecule has 2 rings (SSSR count). The minimum absolute atomic E-state index is 0.187. The molecule has 1 aromatic heterocycles. The molecule has 8 heteroatoms. The summed E-state index contributed by atoms with van der Waals surface area (Å²) in [7, 11) is 0. The lowest BCUT2D eigenvalue weighted by Crippen LogP contribution is -2.17. The van der Waals surface area contributed by atoms with Gasteiger partial charge < -0.3 is 15.2 Å². The second-order valence-electron chi connectivity index (χ2n) is 3.90. The van der Waals surface area contributed by atoms with Crippen molar-refractivity contribution in [2.24, 2.45) is 0 Å². The molecule has 0 unspecified atom stereocenters. The van der Waals surface area contributed by atoms with E-state index in [0.717, 1.165) is 12.1 Å². The summed E-state index contributed by atoms with van der Waals surface area (Å²) in [5, 5.41) is 11.9. The summed E-state index contributed by atoms with van der Waals surface area (Å²) in [5.74, 6) is -1.38. The molecule has 0 saturated heterocycles. The molecule has 5 nitrogen and oxygen atoms in total. The molecule has 1 heterocycles. The zero-order valence-corrected chi connectivity index (χ0v) is 10.4. The number of halogens is 3. The third kappa shape index (κ3) is 4.10. The topological polar surface area (TPSA) is 71.5 Å². The van der Waals surface area contributed by atoms with Crippen molar-refractivity contribution < 1.29 is 27.8 Å². The molecular weight excluding hydrogens is 289 g/mol. The number of carbonyl (C=O) groups excluding carboxylic acids is 1. The van der Waals surface area contributed by atoms with E-state index in [0.29, 0.717) is 0 Å². The lowest BCUT2D eigenvalue weighted by molar-refractivity contribution is -0.274. The predicted octanol–water partition coefficient (Wildman–Crippen LogP) is 2.94. The molecule has 0 atom stereocenters. The smallest absolute Gasteiger partial charge is 0.505 e. The van der Waals surface area contributed by atoms with Gasteiger partial charge in [-0.3, -0.25) is 4.79 Å². The number of nitrogens with zero attached hydrogens (tertiary/aromatic N) is 1. The van der Waals surface area contributed by atoms with Crippen molar-refractivity contribution in [1.82, 2.24) is 4.98 Å². The first-order valence-electron chi connectivity index (χ1n) is 5.66. The van der Waals surface area contributed by atoms with Gasteiger partial charge in [0.15, 0.2) is 5.69 Å². The van der Waals surface area contributed by atoms with Crippen LogP contribution in [0.4, 0.5) is 18.9 Å². The number of carbonyl (C=O) groups is 1. The highest BCUT2D eigenvalue weighted by Crippen LogP contribution is 2.24. The minimum atomic E-state index is -4.77. The van der Waals surface area contributed by atoms with Crippen molar-refractivity contribution in [3.63, 3.8) is 0 Å². The van der Waals surface area contributed by atoms with Gasteiger partial charge >= 0.3 is 6.36 Å². The molecule has 2 N–H and O–H groups in total. The second-order valence-corrected chi connectivity index (χ2v) is 3.90. The highest BCUT2D eigenvalue weighted by molar-refractivity contribution is 6.04. The Morgan fingerprint density at radius 3 is 2.43 bits per heavy atom. The van der Waals surface area contributed by atoms with Gasteiger partial charge in [0.25, 0.3) is 5.91 Å². The van der Waals surface area contributed by atoms with E-state index in [-0.39, 0.29) is 17.1 Å². The normalized spacial score (nSPS) is 11.0. The average Bonchev–Trinajstić information content (AvgIpc) is 2.40. The fourth-order valence-electron chi connectivity index (χ4n) is 1.50. The highest BCUT2D eigenvalue weighted by atomic mass is 19.4. The summed E-state index contributed by atoms with van der Waals surface area (Å²) >= 11 is 0. The van der Waals surface area contributed by atoms with E-state index in [1.165, 1.54) is 30.5 Å². The number of pyridine rings is 1. The molecule has 2 aromatic rings. The van der Waals surface area contributed by atoms with Crippen LogP contribution in [0.15, 0.2) is 42.6 Å². The summed E-state index contributed by atoms with van der Waals surface area (Å²) in [6, 6.07) is 7.33. The molecule has 110 valence electrons. The fraction of sp³-hybridized carbons (Fsp3) is 0.0769. The second kappa shape index (κ2) is 5.70. The number of ether oxygens (including phenoxy) is 1. The number of aromatic hydroxyl groups is 1. The first-order valence-corrected chi connectivity index (χ1v) is 5.66. The lowest BCUT2D eigenvalue weighted by atomic mass is 10.2. The molecule has 1 amide bonds. The maximum atomic E-state index is 12.0. The SMILES string of the molecule is O=C(Nc1ccc(OC(F)(F)F)cc1)c1ncccc1O. The van der Waals surface area contributed by atoms with E-state index in [4.69, 9.17) is 0 Å². The van der Waals surface area contributed by atoms with Crippen LogP contribution < -0.4 is 10.1 Å². The number of benzene rings is 1. The van der Waals surface area contributed by atoms with Crippen LogP contribution in [0.25, 0.3) is 0 Å². The highest BCUT2D eigenvalue weighted by Gasteiger charge is 2.30. The number of rotatable bonds is 3. The van der Waals surface area contributed by atoms with Gasteiger partial charge in [-0.15, -0.1) is 13.2 Å². The van der Waals surface area contributed by atoms with Crippen LogP contribution in [0.1, 0.15) is 10.5 Å². The molecule has 1 aromatic carbocycles. The van der Waals surface area contributed by atoms with E-state index in [1.807, 2.05) is 0 Å². The molecule has 0 spiro atoms. The van der Waals surface area contributed by atoms with Crippen LogP contribution in [-0.2, 0) is 0 Å². The van der Waals surface area contributed by atoms with Gasteiger partial charge in [-0.05, 0) is 36.4 Å². The minimum Gasteiger partial charge on any atom is -0.505 e. The number of alkyl halides is 3. The Balaban J connectivity index is 2.07. The zero-order valence-electron chi connectivity index (χ0n) is 10.4. The molecule has 0 aliphatic rings. The number of anilines is 1. The summed E-state index contributed by atoms with van der Waals surface area (Å²) < 4.78 is 39.7. The van der Waals surface area contributed by atoms with Gasteiger partial charge in [0.2, 0.25) is 0 Å². The Morgan fingerprint density at radius 1 is 1.19 bits per heavy atom. The summed E-state index contributed by atoms with van der Waals surface area (Å²) in [4.78, 5) is 15.5. The van der Waals surface area contributed by atoms with E-state index in [9.17, 15) is 23.1 Å². The van der Waals surface area contributed by atoms with Crippen molar-refractivity contribution in [3.05, 3.63) is 48.3 Å². The van der Waals surface area contributed by atoms with Crippen molar-refractivity contribution in [1.29, 1.82) is 0 Å². The first kappa shape index (κ1) is 14.6. The monoisotopic (exact) mass is 298 g/mol. The van der Waals surface area contributed by atoms with E-state index >= 15 is 0 Å². The molecule has 0 aliphatic heterocycles. The van der Waals surface area contributed by atoms with Crippen LogP contribution >= 0.6 is 0 Å². The number of amides is 1. The Labute approximate surface area is 117 Å². The van der Waals surface area contributed by atoms with Gasteiger partial charge in [-0.1, -0.05) is 0 Å². The van der Waals surface area contributed by atoms with Crippen molar-refractivity contribution >= 4 is 11.6 Å². The molecule has 0 fully saturated rings. The van der Waals surface area contributed by atoms with Crippen LogP contribution in [0.3, 0.4) is 0 Å². The predicted molar refractivity (Wildman–Crippen MR) is 67.0 cm³/mol. The Morgan fingerprint density at radius 2 is 1.86 bits per heavy atom. The van der Waals surface area contributed by atoms with Crippen molar-refractivity contribution in [2.75, 3.05) is 5.32 Å². The fourth-order valence-corrected chi connectivity index (χ4v) is 1.50. The van der Waals surface area contributed by atoms with Gasteiger partial charge in [0.1, 0.15) is 11.5 Å². The van der Waals surface area contributed by atoms with E-state index in [2.05, 4.69) is 15.0 Å². The summed E-state index contributed by atoms with van der Waals surface area (Å²) in [5.41, 5.74) is 0.0488. The average molecular weight is 298 g/mol. The van der Waals surface area contributed by atoms with Crippen LogP contribution in [0.2, 0.25) is 0 Å². The standard InChI is InChI=1S/C13H9F3N2O3/c14-13(15,16)21-9-5-3-8(4-6-9)18-12(20)11-10(19)2-1-7-17-11/h1-7,19H,(H,18,20). The van der Waals surface area contributed by atoms with Gasteiger partial charge in [0.05, 0.1) is 0 Å². The van der Waals surface area contributed by atoms with Crippen molar-refractivity contribution in [3.8, 4) is 11.5 Å². The van der Waals surface area contributed by atoms with E-state index in [1.54, 1.807) is 0 Å². The Hall–Kier alpha value is -2.77.